The van der Waals surface area contributed by atoms with E-state index in [1.165, 1.54) is 11.0 Å². The normalized spacial score (nSPS) is 12.0. The summed E-state index contributed by atoms with van der Waals surface area (Å²) in [6, 6.07) is 8.92. The highest BCUT2D eigenvalue weighted by atomic mass is 16.4. The molecule has 0 spiro atoms. The molecule has 1 heterocycles. The van der Waals surface area contributed by atoms with Gasteiger partial charge >= 0.3 is 5.97 Å². The average molecular weight is 287 g/mol. The molecule has 2 rings (SSSR count). The minimum absolute atomic E-state index is 0.0235. The molecule has 1 amide bonds. The highest BCUT2D eigenvalue weighted by Gasteiger charge is 2.23. The number of carboxylic acid groups (broad SMARTS) is 1. The van der Waals surface area contributed by atoms with E-state index in [0.29, 0.717) is 0 Å². The molecule has 5 nitrogen and oxygen atoms in total. The Balaban J connectivity index is 2.22. The average Bonchev–Trinajstić information content (AvgIpc) is 2.95. The van der Waals surface area contributed by atoms with Crippen LogP contribution in [0, 0.1) is 6.92 Å². The third-order valence-electron chi connectivity index (χ3n) is 3.60. The Morgan fingerprint density at radius 3 is 2.52 bits per heavy atom. The fourth-order valence-corrected chi connectivity index (χ4v) is 2.17. The number of carboxylic acids is 1. The summed E-state index contributed by atoms with van der Waals surface area (Å²) in [4.78, 5) is 24.7. The van der Waals surface area contributed by atoms with Crippen molar-refractivity contribution < 1.29 is 19.1 Å². The van der Waals surface area contributed by atoms with Crippen molar-refractivity contribution in [2.45, 2.75) is 19.9 Å². The minimum Gasteiger partial charge on any atom is -0.478 e. The SMILES string of the molecule is Cc1ccccc1C(C)N(C)C(=O)c1cc(C(=O)O)co1. The monoisotopic (exact) mass is 287 g/mol. The van der Waals surface area contributed by atoms with Crippen LogP contribution in [0.5, 0.6) is 0 Å². The van der Waals surface area contributed by atoms with E-state index in [-0.39, 0.29) is 23.3 Å². The maximum Gasteiger partial charge on any atom is 0.338 e. The van der Waals surface area contributed by atoms with Crippen LogP contribution in [0.1, 0.15) is 45.0 Å². The third-order valence-corrected chi connectivity index (χ3v) is 3.60. The molecule has 110 valence electrons. The van der Waals surface area contributed by atoms with E-state index >= 15 is 0 Å². The molecule has 5 heteroatoms. The second kappa shape index (κ2) is 5.83. The van der Waals surface area contributed by atoms with Gasteiger partial charge in [-0.3, -0.25) is 4.79 Å². The summed E-state index contributed by atoms with van der Waals surface area (Å²) in [5, 5.41) is 8.86. The summed E-state index contributed by atoms with van der Waals surface area (Å²) < 4.78 is 5.05. The van der Waals surface area contributed by atoms with Gasteiger partial charge in [0.15, 0.2) is 5.76 Å². The van der Waals surface area contributed by atoms with Crippen LogP contribution in [0.25, 0.3) is 0 Å². The number of benzene rings is 1. The first-order valence-electron chi connectivity index (χ1n) is 6.56. The maximum absolute atomic E-state index is 12.3. The Bertz CT molecular complexity index is 674. The Kier molecular flexibility index (Phi) is 4.12. The van der Waals surface area contributed by atoms with Gasteiger partial charge in [-0.15, -0.1) is 0 Å². The molecule has 0 saturated heterocycles. The Labute approximate surface area is 122 Å². The van der Waals surface area contributed by atoms with Crippen molar-refractivity contribution in [1.82, 2.24) is 4.90 Å². The molecule has 0 aliphatic carbocycles. The lowest BCUT2D eigenvalue weighted by atomic mass is 10.0. The topological polar surface area (TPSA) is 70.8 Å². The third kappa shape index (κ3) is 2.97. The van der Waals surface area contributed by atoms with Crippen molar-refractivity contribution in [3.05, 3.63) is 59.0 Å². The van der Waals surface area contributed by atoms with E-state index in [1.807, 2.05) is 38.1 Å². The lowest BCUT2D eigenvalue weighted by Gasteiger charge is -2.25. The number of aryl methyl sites for hydroxylation is 1. The van der Waals surface area contributed by atoms with Crippen LogP contribution in [-0.4, -0.2) is 28.9 Å². The first-order chi connectivity index (χ1) is 9.91. The van der Waals surface area contributed by atoms with Gasteiger partial charge in [0.1, 0.15) is 6.26 Å². The van der Waals surface area contributed by atoms with Gasteiger partial charge in [0, 0.05) is 13.1 Å². The summed E-state index contributed by atoms with van der Waals surface area (Å²) in [5.74, 6) is -1.44. The zero-order chi connectivity index (χ0) is 15.6. The zero-order valence-electron chi connectivity index (χ0n) is 12.2. The maximum atomic E-state index is 12.3. The number of nitrogens with zero attached hydrogens (tertiary/aromatic N) is 1. The van der Waals surface area contributed by atoms with Crippen LogP contribution < -0.4 is 0 Å². The zero-order valence-corrected chi connectivity index (χ0v) is 12.2. The molecule has 1 unspecified atom stereocenters. The van der Waals surface area contributed by atoms with Crippen LogP contribution in [0.3, 0.4) is 0 Å². The predicted octanol–water partition coefficient (Wildman–Crippen LogP) is 3.12. The Hall–Kier alpha value is -2.56. The standard InChI is InChI=1S/C16H17NO4/c1-10-6-4-5-7-13(10)11(2)17(3)15(18)14-8-12(9-21-14)16(19)20/h4-9,11H,1-3H3,(H,19,20). The lowest BCUT2D eigenvalue weighted by Crippen LogP contribution is -2.29. The molecule has 0 aliphatic heterocycles. The van der Waals surface area contributed by atoms with Crippen molar-refractivity contribution in [3.8, 4) is 0 Å². The van der Waals surface area contributed by atoms with Crippen molar-refractivity contribution in [2.24, 2.45) is 0 Å². The van der Waals surface area contributed by atoms with E-state index in [1.54, 1.807) is 7.05 Å². The van der Waals surface area contributed by atoms with E-state index < -0.39 is 5.97 Å². The Morgan fingerprint density at radius 1 is 1.29 bits per heavy atom. The van der Waals surface area contributed by atoms with Gasteiger partial charge in [0.2, 0.25) is 0 Å². The van der Waals surface area contributed by atoms with Gasteiger partial charge in [-0.1, -0.05) is 24.3 Å². The first kappa shape index (κ1) is 14.8. The van der Waals surface area contributed by atoms with Gasteiger partial charge in [-0.2, -0.15) is 0 Å². The Morgan fingerprint density at radius 2 is 1.95 bits per heavy atom. The minimum atomic E-state index is -1.12. The van der Waals surface area contributed by atoms with E-state index in [9.17, 15) is 9.59 Å². The molecule has 0 saturated carbocycles. The number of rotatable bonds is 4. The predicted molar refractivity (Wildman–Crippen MR) is 77.4 cm³/mol. The molecule has 0 fully saturated rings. The highest BCUT2D eigenvalue weighted by molar-refractivity contribution is 5.95. The van der Waals surface area contributed by atoms with Crippen LogP contribution in [0.4, 0.5) is 0 Å². The highest BCUT2D eigenvalue weighted by Crippen LogP contribution is 2.24. The molecule has 1 aromatic heterocycles. The van der Waals surface area contributed by atoms with E-state index in [2.05, 4.69) is 0 Å². The number of amides is 1. The van der Waals surface area contributed by atoms with Gasteiger partial charge in [0.25, 0.3) is 5.91 Å². The number of hydrogen-bond donors (Lipinski definition) is 1. The number of aromatic carboxylic acids is 1. The fourth-order valence-electron chi connectivity index (χ4n) is 2.17. The molecule has 0 radical (unpaired) electrons. The molecule has 1 atom stereocenters. The lowest BCUT2D eigenvalue weighted by molar-refractivity contribution is 0.0692. The molecule has 1 aromatic carbocycles. The quantitative estimate of drug-likeness (QED) is 0.937. The number of carbonyl (C=O) groups excluding carboxylic acids is 1. The van der Waals surface area contributed by atoms with Crippen molar-refractivity contribution in [3.63, 3.8) is 0 Å². The van der Waals surface area contributed by atoms with Crippen molar-refractivity contribution >= 4 is 11.9 Å². The summed E-state index contributed by atoms with van der Waals surface area (Å²) in [6.45, 7) is 3.90. The van der Waals surface area contributed by atoms with Crippen LogP contribution >= 0.6 is 0 Å². The van der Waals surface area contributed by atoms with Crippen molar-refractivity contribution in [1.29, 1.82) is 0 Å². The molecule has 0 bridgehead atoms. The number of furan rings is 1. The number of carbonyl (C=O) groups is 2. The molecular weight excluding hydrogens is 270 g/mol. The second-order valence-corrected chi connectivity index (χ2v) is 4.95. The summed E-state index contributed by atoms with van der Waals surface area (Å²) in [6.07, 6.45) is 1.07. The first-order valence-corrected chi connectivity index (χ1v) is 6.56. The van der Waals surface area contributed by atoms with Gasteiger partial charge in [-0.05, 0) is 25.0 Å². The molecular formula is C16H17NO4. The number of hydrogen-bond acceptors (Lipinski definition) is 3. The van der Waals surface area contributed by atoms with Gasteiger partial charge in [0.05, 0.1) is 11.6 Å². The smallest absolute Gasteiger partial charge is 0.338 e. The van der Waals surface area contributed by atoms with Gasteiger partial charge < -0.3 is 14.4 Å². The fraction of sp³-hybridized carbons (Fsp3) is 0.250. The van der Waals surface area contributed by atoms with E-state index in [4.69, 9.17) is 9.52 Å². The summed E-state index contributed by atoms with van der Waals surface area (Å²) >= 11 is 0. The molecule has 21 heavy (non-hydrogen) atoms. The molecule has 1 N–H and O–H groups in total. The largest absolute Gasteiger partial charge is 0.478 e. The molecule has 2 aromatic rings. The van der Waals surface area contributed by atoms with Crippen molar-refractivity contribution in [2.75, 3.05) is 7.05 Å². The van der Waals surface area contributed by atoms with E-state index in [0.717, 1.165) is 17.4 Å². The van der Waals surface area contributed by atoms with Crippen LogP contribution in [0.2, 0.25) is 0 Å². The second-order valence-electron chi connectivity index (χ2n) is 4.95. The molecule has 0 aliphatic rings. The van der Waals surface area contributed by atoms with Crippen LogP contribution in [0.15, 0.2) is 41.0 Å². The van der Waals surface area contributed by atoms with Crippen LogP contribution in [-0.2, 0) is 0 Å². The summed E-state index contributed by atoms with van der Waals surface area (Å²) in [7, 11) is 1.67. The summed E-state index contributed by atoms with van der Waals surface area (Å²) in [5.41, 5.74) is 2.10. The van der Waals surface area contributed by atoms with Gasteiger partial charge in [-0.25, -0.2) is 4.79 Å².